The van der Waals surface area contributed by atoms with E-state index in [1.165, 1.54) is 6.42 Å². The molecule has 2 rings (SSSR count). The number of hydrogen-bond donors (Lipinski definition) is 2. The first-order valence-electron chi connectivity index (χ1n) is 6.12. The Hall–Kier alpha value is -1.36. The van der Waals surface area contributed by atoms with Crippen molar-refractivity contribution >= 4 is 11.6 Å². The molecule has 0 bridgehead atoms. The van der Waals surface area contributed by atoms with Gasteiger partial charge in [-0.05, 0) is 25.7 Å². The van der Waals surface area contributed by atoms with Gasteiger partial charge in [0.15, 0.2) is 0 Å². The Labute approximate surface area is 102 Å². The Morgan fingerprint density at radius 1 is 1.41 bits per heavy atom. The lowest BCUT2D eigenvalue weighted by Gasteiger charge is -2.12. The first-order valence-corrected chi connectivity index (χ1v) is 6.12. The number of hydrogen-bond acceptors (Lipinski definition) is 5. The molecule has 1 aromatic rings. The van der Waals surface area contributed by atoms with Gasteiger partial charge in [-0.3, -0.25) is 0 Å². The third kappa shape index (κ3) is 3.06. The molecule has 1 unspecified atom stereocenters. The predicted octanol–water partition coefficient (Wildman–Crippen LogP) is 1.67. The van der Waals surface area contributed by atoms with E-state index in [1.54, 1.807) is 6.33 Å². The topological polar surface area (TPSA) is 59.1 Å². The molecule has 2 heterocycles. The molecule has 1 fully saturated rings. The molecule has 0 saturated carbocycles. The molecule has 2 N–H and O–H groups in total. The summed E-state index contributed by atoms with van der Waals surface area (Å²) in [7, 11) is 1.87. The van der Waals surface area contributed by atoms with Gasteiger partial charge in [-0.2, -0.15) is 0 Å². The van der Waals surface area contributed by atoms with Crippen molar-refractivity contribution in [1.82, 2.24) is 9.97 Å². The van der Waals surface area contributed by atoms with Gasteiger partial charge in [0.05, 0.1) is 0 Å². The highest BCUT2D eigenvalue weighted by atomic mass is 16.5. The third-order valence-corrected chi connectivity index (χ3v) is 3.19. The molecule has 1 aliphatic rings. The van der Waals surface area contributed by atoms with Gasteiger partial charge in [-0.25, -0.2) is 9.97 Å². The lowest BCUT2D eigenvalue weighted by Crippen LogP contribution is -2.11. The zero-order valence-corrected chi connectivity index (χ0v) is 10.5. The normalized spacial score (nSPS) is 19.3. The summed E-state index contributed by atoms with van der Waals surface area (Å²) in [5.41, 5.74) is 1.07. The molecule has 17 heavy (non-hydrogen) atoms. The van der Waals surface area contributed by atoms with Gasteiger partial charge >= 0.3 is 0 Å². The average molecular weight is 236 g/mol. The predicted molar refractivity (Wildman–Crippen MR) is 68.3 cm³/mol. The van der Waals surface area contributed by atoms with Crippen molar-refractivity contribution in [1.29, 1.82) is 0 Å². The zero-order chi connectivity index (χ0) is 12.1. The van der Waals surface area contributed by atoms with Gasteiger partial charge in [0, 0.05) is 32.4 Å². The van der Waals surface area contributed by atoms with E-state index in [4.69, 9.17) is 4.74 Å². The summed E-state index contributed by atoms with van der Waals surface area (Å²) in [6.07, 6.45) is 3.91. The van der Waals surface area contributed by atoms with Gasteiger partial charge in [0.1, 0.15) is 18.0 Å². The molecule has 1 aromatic heterocycles. The fourth-order valence-corrected chi connectivity index (χ4v) is 2.09. The lowest BCUT2D eigenvalue weighted by molar-refractivity contribution is 0.185. The van der Waals surface area contributed by atoms with E-state index in [2.05, 4.69) is 20.6 Å². The van der Waals surface area contributed by atoms with Crippen molar-refractivity contribution in [2.75, 3.05) is 37.4 Å². The minimum atomic E-state index is 0.702. The summed E-state index contributed by atoms with van der Waals surface area (Å²) in [5, 5.41) is 6.42. The summed E-state index contributed by atoms with van der Waals surface area (Å²) in [6, 6.07) is 0. The number of nitrogens with zero attached hydrogens (tertiary/aromatic N) is 2. The van der Waals surface area contributed by atoms with Gasteiger partial charge < -0.3 is 15.4 Å². The molecule has 1 aliphatic heterocycles. The number of ether oxygens (including phenoxy) is 1. The fraction of sp³-hybridized carbons (Fsp3) is 0.667. The van der Waals surface area contributed by atoms with Crippen molar-refractivity contribution in [2.45, 2.75) is 19.8 Å². The van der Waals surface area contributed by atoms with Crippen molar-refractivity contribution in [3.05, 3.63) is 11.9 Å². The molecule has 0 aliphatic carbocycles. The summed E-state index contributed by atoms with van der Waals surface area (Å²) in [6.45, 7) is 4.79. The monoisotopic (exact) mass is 236 g/mol. The molecule has 0 spiro atoms. The second-order valence-electron chi connectivity index (χ2n) is 4.39. The maximum absolute atomic E-state index is 5.36. The van der Waals surface area contributed by atoms with E-state index in [-0.39, 0.29) is 0 Å². The maximum Gasteiger partial charge on any atom is 0.134 e. The van der Waals surface area contributed by atoms with Crippen molar-refractivity contribution < 1.29 is 4.74 Å². The number of nitrogens with one attached hydrogen (secondary N) is 2. The van der Waals surface area contributed by atoms with Gasteiger partial charge in [0.25, 0.3) is 0 Å². The van der Waals surface area contributed by atoms with Crippen LogP contribution in [0.1, 0.15) is 18.4 Å². The molecule has 0 amide bonds. The van der Waals surface area contributed by atoms with E-state index < -0.39 is 0 Å². The van der Waals surface area contributed by atoms with E-state index >= 15 is 0 Å². The van der Waals surface area contributed by atoms with Crippen LogP contribution in [0.3, 0.4) is 0 Å². The Morgan fingerprint density at radius 3 is 2.94 bits per heavy atom. The smallest absolute Gasteiger partial charge is 0.134 e. The highest BCUT2D eigenvalue weighted by Gasteiger charge is 2.15. The Kier molecular flexibility index (Phi) is 4.14. The zero-order valence-electron chi connectivity index (χ0n) is 10.5. The third-order valence-electron chi connectivity index (χ3n) is 3.19. The molecule has 0 radical (unpaired) electrons. The molecule has 5 nitrogen and oxygen atoms in total. The van der Waals surface area contributed by atoms with Crippen LogP contribution in [0.25, 0.3) is 0 Å². The quantitative estimate of drug-likeness (QED) is 0.814. The number of aromatic nitrogens is 2. The first kappa shape index (κ1) is 12.1. The standard InChI is InChI=1S/C12H20N4O/c1-9-11(13-2)15-8-16-12(9)14-5-3-10-4-6-17-7-10/h8,10H,3-7H2,1-2H3,(H2,13,14,15,16). The Balaban J connectivity index is 1.85. The van der Waals surface area contributed by atoms with Gasteiger partial charge in [-0.1, -0.05) is 0 Å². The minimum Gasteiger partial charge on any atom is -0.381 e. The maximum atomic E-state index is 5.36. The summed E-state index contributed by atoms with van der Waals surface area (Å²) < 4.78 is 5.36. The largest absolute Gasteiger partial charge is 0.381 e. The minimum absolute atomic E-state index is 0.702. The van der Waals surface area contributed by atoms with Crippen molar-refractivity contribution in [3.63, 3.8) is 0 Å². The van der Waals surface area contributed by atoms with Crippen molar-refractivity contribution in [3.8, 4) is 0 Å². The molecule has 1 atom stereocenters. The summed E-state index contributed by atoms with van der Waals surface area (Å²) in [4.78, 5) is 8.42. The highest BCUT2D eigenvalue weighted by molar-refractivity contribution is 5.55. The van der Waals surface area contributed by atoms with Gasteiger partial charge in [0.2, 0.25) is 0 Å². The van der Waals surface area contributed by atoms with Crippen LogP contribution in [0.5, 0.6) is 0 Å². The van der Waals surface area contributed by atoms with Crippen LogP contribution in [0.2, 0.25) is 0 Å². The summed E-state index contributed by atoms with van der Waals surface area (Å²) >= 11 is 0. The van der Waals surface area contributed by atoms with Crippen LogP contribution >= 0.6 is 0 Å². The highest BCUT2D eigenvalue weighted by Crippen LogP contribution is 2.19. The molecular weight excluding hydrogens is 216 g/mol. The van der Waals surface area contributed by atoms with E-state index in [1.807, 2.05) is 14.0 Å². The van der Waals surface area contributed by atoms with Crippen LogP contribution in [0, 0.1) is 12.8 Å². The lowest BCUT2D eigenvalue weighted by atomic mass is 10.1. The molecule has 1 saturated heterocycles. The summed E-state index contributed by atoms with van der Waals surface area (Å²) in [5.74, 6) is 2.50. The Bertz CT molecular complexity index is 364. The number of anilines is 2. The first-order chi connectivity index (χ1) is 8.31. The Morgan fingerprint density at radius 2 is 2.24 bits per heavy atom. The fourth-order valence-electron chi connectivity index (χ4n) is 2.09. The second-order valence-corrected chi connectivity index (χ2v) is 4.39. The van der Waals surface area contributed by atoms with E-state index in [0.29, 0.717) is 5.92 Å². The SMILES string of the molecule is CNc1ncnc(NCCC2CCOC2)c1C. The van der Waals surface area contributed by atoms with Gasteiger partial charge in [-0.15, -0.1) is 0 Å². The van der Waals surface area contributed by atoms with Crippen LogP contribution < -0.4 is 10.6 Å². The average Bonchev–Trinajstić information content (AvgIpc) is 2.84. The molecule has 0 aromatic carbocycles. The van der Waals surface area contributed by atoms with Crippen LogP contribution in [0.4, 0.5) is 11.6 Å². The molecule has 94 valence electrons. The van der Waals surface area contributed by atoms with E-state index in [9.17, 15) is 0 Å². The second kappa shape index (κ2) is 5.82. The number of rotatable bonds is 5. The van der Waals surface area contributed by atoms with Crippen LogP contribution in [0.15, 0.2) is 6.33 Å². The molecular formula is C12H20N4O. The van der Waals surface area contributed by atoms with Crippen molar-refractivity contribution in [2.24, 2.45) is 5.92 Å². The van der Waals surface area contributed by atoms with Crippen LogP contribution in [-0.2, 0) is 4.74 Å². The van der Waals surface area contributed by atoms with E-state index in [0.717, 1.165) is 43.4 Å². The molecule has 5 heteroatoms. The van der Waals surface area contributed by atoms with Crippen LogP contribution in [-0.4, -0.2) is 36.8 Å².